The topological polar surface area (TPSA) is 43.8 Å². The van der Waals surface area contributed by atoms with E-state index in [1.54, 1.807) is 0 Å². The van der Waals surface area contributed by atoms with E-state index >= 15 is 0 Å². The second-order valence-corrected chi connectivity index (χ2v) is 6.45. The Morgan fingerprint density at radius 2 is 1.95 bits per heavy atom. The number of aryl methyl sites for hydroxylation is 1. The summed E-state index contributed by atoms with van der Waals surface area (Å²) in [5, 5.41) is 4.55. The maximum absolute atomic E-state index is 6.28. The van der Waals surface area contributed by atoms with Gasteiger partial charge in [0, 0.05) is 17.3 Å². The molecule has 3 heteroatoms. The molecule has 0 radical (unpaired) electrons. The van der Waals surface area contributed by atoms with Crippen LogP contribution in [0.1, 0.15) is 43.1 Å². The third-order valence-electron chi connectivity index (χ3n) is 4.00. The number of nitrogens with zero attached hydrogens (tertiary/aromatic N) is 2. The molecule has 100 valence electrons. The highest BCUT2D eigenvalue weighted by Crippen LogP contribution is 2.40. The minimum atomic E-state index is 0.109. The van der Waals surface area contributed by atoms with E-state index in [4.69, 9.17) is 5.73 Å². The number of hydrogen-bond donors (Lipinski definition) is 1. The minimum absolute atomic E-state index is 0.109. The van der Waals surface area contributed by atoms with E-state index in [1.807, 2.05) is 6.20 Å². The van der Waals surface area contributed by atoms with Crippen molar-refractivity contribution in [1.29, 1.82) is 0 Å². The maximum Gasteiger partial charge on any atom is 0.0649 e. The number of fused-ring (bicyclic) bond motifs is 1. The van der Waals surface area contributed by atoms with E-state index in [-0.39, 0.29) is 11.5 Å². The molecule has 0 saturated heterocycles. The minimum Gasteiger partial charge on any atom is -0.324 e. The third-order valence-corrected chi connectivity index (χ3v) is 4.00. The highest BCUT2D eigenvalue weighted by molar-refractivity contribution is 5.39. The van der Waals surface area contributed by atoms with Crippen molar-refractivity contribution in [3.05, 3.63) is 47.3 Å². The Hall–Kier alpha value is -1.61. The summed E-state index contributed by atoms with van der Waals surface area (Å²) in [5.74, 6) is 0. The molecule has 0 aliphatic heterocycles. The molecule has 0 spiro atoms. The molecular formula is C16H21N3. The first kappa shape index (κ1) is 12.4. The summed E-state index contributed by atoms with van der Waals surface area (Å²) in [5.41, 5.74) is 11.4. The molecule has 1 aromatic carbocycles. The Morgan fingerprint density at radius 1 is 1.26 bits per heavy atom. The monoisotopic (exact) mass is 255 g/mol. The van der Waals surface area contributed by atoms with Crippen LogP contribution in [0.2, 0.25) is 0 Å². The van der Waals surface area contributed by atoms with Gasteiger partial charge in [-0.3, -0.25) is 0 Å². The number of nitrogens with two attached hydrogens (primary N) is 1. The van der Waals surface area contributed by atoms with Crippen LogP contribution in [0.3, 0.4) is 0 Å². The van der Waals surface area contributed by atoms with Crippen LogP contribution in [-0.4, -0.2) is 9.78 Å². The van der Waals surface area contributed by atoms with Crippen LogP contribution in [0.4, 0.5) is 0 Å². The molecule has 3 rings (SSSR count). The van der Waals surface area contributed by atoms with Crippen LogP contribution in [0.25, 0.3) is 5.69 Å². The lowest BCUT2D eigenvalue weighted by molar-refractivity contribution is 0.278. The standard InChI is InChI=1S/C16H21N3/c1-11-4-6-12(7-5-11)19-15-9-16(2,3)8-14(17)13(15)10-18-19/h4-7,10,14H,8-9,17H2,1-3H3/t14-/m1/s1. The lowest BCUT2D eigenvalue weighted by atomic mass is 9.74. The van der Waals surface area contributed by atoms with Gasteiger partial charge in [0.1, 0.15) is 0 Å². The molecule has 1 atom stereocenters. The quantitative estimate of drug-likeness (QED) is 0.850. The molecule has 2 N–H and O–H groups in total. The van der Waals surface area contributed by atoms with Crippen LogP contribution in [0, 0.1) is 12.3 Å². The summed E-state index contributed by atoms with van der Waals surface area (Å²) in [6, 6.07) is 8.60. The highest BCUT2D eigenvalue weighted by atomic mass is 15.3. The van der Waals surface area contributed by atoms with Crippen LogP contribution < -0.4 is 5.73 Å². The predicted octanol–water partition coefficient (Wildman–Crippen LogP) is 3.15. The van der Waals surface area contributed by atoms with Crippen molar-refractivity contribution in [1.82, 2.24) is 9.78 Å². The van der Waals surface area contributed by atoms with Gasteiger partial charge in [-0.25, -0.2) is 4.68 Å². The summed E-state index contributed by atoms with van der Waals surface area (Å²) in [7, 11) is 0. The zero-order chi connectivity index (χ0) is 13.6. The Balaban J connectivity index is 2.08. The summed E-state index contributed by atoms with van der Waals surface area (Å²) in [6.07, 6.45) is 4.00. The van der Waals surface area contributed by atoms with Crippen molar-refractivity contribution in [3.8, 4) is 5.69 Å². The fourth-order valence-corrected chi connectivity index (χ4v) is 3.01. The van der Waals surface area contributed by atoms with Crippen LogP contribution in [0.5, 0.6) is 0 Å². The maximum atomic E-state index is 6.28. The molecule has 2 aromatic rings. The van der Waals surface area contributed by atoms with Crippen molar-refractivity contribution in [2.45, 2.75) is 39.7 Å². The van der Waals surface area contributed by atoms with E-state index < -0.39 is 0 Å². The number of benzene rings is 1. The van der Waals surface area contributed by atoms with Crippen molar-refractivity contribution in [2.24, 2.45) is 11.1 Å². The van der Waals surface area contributed by atoms with Gasteiger partial charge in [0.2, 0.25) is 0 Å². The van der Waals surface area contributed by atoms with Gasteiger partial charge in [-0.1, -0.05) is 31.5 Å². The predicted molar refractivity (Wildman–Crippen MR) is 77.3 cm³/mol. The zero-order valence-corrected chi connectivity index (χ0v) is 11.9. The van der Waals surface area contributed by atoms with Gasteiger partial charge in [0.05, 0.1) is 11.9 Å². The fourth-order valence-electron chi connectivity index (χ4n) is 3.01. The number of hydrogen-bond acceptors (Lipinski definition) is 2. The van der Waals surface area contributed by atoms with Gasteiger partial charge in [-0.2, -0.15) is 5.10 Å². The van der Waals surface area contributed by atoms with Crippen molar-refractivity contribution in [2.75, 3.05) is 0 Å². The molecule has 1 aliphatic carbocycles. The molecule has 0 bridgehead atoms. The molecule has 1 aliphatic rings. The van der Waals surface area contributed by atoms with Gasteiger partial charge in [-0.05, 0) is 37.3 Å². The average Bonchev–Trinajstić information content (AvgIpc) is 2.72. The van der Waals surface area contributed by atoms with Crippen LogP contribution in [-0.2, 0) is 6.42 Å². The third kappa shape index (κ3) is 2.19. The van der Waals surface area contributed by atoms with Crippen LogP contribution >= 0.6 is 0 Å². The first-order valence-electron chi connectivity index (χ1n) is 6.86. The molecule has 0 amide bonds. The van der Waals surface area contributed by atoms with Crippen LogP contribution in [0.15, 0.2) is 30.5 Å². The van der Waals surface area contributed by atoms with Crippen molar-refractivity contribution < 1.29 is 0 Å². The Labute approximate surface area is 114 Å². The van der Waals surface area contributed by atoms with Gasteiger partial charge >= 0.3 is 0 Å². The lowest BCUT2D eigenvalue weighted by Gasteiger charge is -2.33. The van der Waals surface area contributed by atoms with Gasteiger partial charge in [0.15, 0.2) is 0 Å². The Bertz CT molecular complexity index is 593. The number of aromatic nitrogens is 2. The van der Waals surface area contributed by atoms with E-state index in [1.165, 1.54) is 16.8 Å². The molecule has 0 saturated carbocycles. The molecule has 19 heavy (non-hydrogen) atoms. The molecular weight excluding hydrogens is 234 g/mol. The molecule has 0 unspecified atom stereocenters. The van der Waals surface area contributed by atoms with Gasteiger partial charge in [0.25, 0.3) is 0 Å². The van der Waals surface area contributed by atoms with Gasteiger partial charge in [-0.15, -0.1) is 0 Å². The molecule has 1 heterocycles. The smallest absolute Gasteiger partial charge is 0.0649 e. The average molecular weight is 255 g/mol. The van der Waals surface area contributed by atoms with Crippen molar-refractivity contribution in [3.63, 3.8) is 0 Å². The second kappa shape index (κ2) is 4.20. The summed E-state index contributed by atoms with van der Waals surface area (Å²) < 4.78 is 2.05. The molecule has 0 fully saturated rings. The lowest BCUT2D eigenvalue weighted by Crippen LogP contribution is -2.30. The Kier molecular flexibility index (Phi) is 2.75. The first-order valence-corrected chi connectivity index (χ1v) is 6.86. The largest absolute Gasteiger partial charge is 0.324 e. The van der Waals surface area contributed by atoms with Crippen molar-refractivity contribution >= 4 is 0 Å². The fraction of sp³-hybridized carbons (Fsp3) is 0.438. The summed E-state index contributed by atoms with van der Waals surface area (Å²) in [4.78, 5) is 0. The number of rotatable bonds is 1. The van der Waals surface area contributed by atoms with E-state index in [2.05, 4.69) is 54.8 Å². The van der Waals surface area contributed by atoms with E-state index in [0.29, 0.717) is 0 Å². The molecule has 3 nitrogen and oxygen atoms in total. The Morgan fingerprint density at radius 3 is 2.63 bits per heavy atom. The first-order chi connectivity index (χ1) is 8.96. The van der Waals surface area contributed by atoms with Gasteiger partial charge < -0.3 is 5.73 Å². The highest BCUT2D eigenvalue weighted by Gasteiger charge is 2.33. The SMILES string of the molecule is Cc1ccc(-n2ncc3c2CC(C)(C)C[C@H]3N)cc1. The summed E-state index contributed by atoms with van der Waals surface area (Å²) in [6.45, 7) is 6.66. The second-order valence-electron chi connectivity index (χ2n) is 6.45. The zero-order valence-electron chi connectivity index (χ0n) is 11.9. The normalized spacial score (nSPS) is 21.2. The van der Waals surface area contributed by atoms with E-state index in [0.717, 1.165) is 18.5 Å². The van der Waals surface area contributed by atoms with E-state index in [9.17, 15) is 0 Å². The molecule has 1 aromatic heterocycles. The summed E-state index contributed by atoms with van der Waals surface area (Å²) >= 11 is 0.